The highest BCUT2D eigenvalue weighted by molar-refractivity contribution is 5.71. The van der Waals surface area contributed by atoms with Crippen LogP contribution in [-0.4, -0.2) is 37.2 Å². The van der Waals surface area contributed by atoms with Gasteiger partial charge in [-0.3, -0.25) is 14.4 Å². The maximum atomic E-state index is 12.8. The van der Waals surface area contributed by atoms with Crippen molar-refractivity contribution in [3.63, 3.8) is 0 Å². The van der Waals surface area contributed by atoms with Gasteiger partial charge in [0, 0.05) is 19.3 Å². The van der Waals surface area contributed by atoms with Crippen molar-refractivity contribution in [3.8, 4) is 0 Å². The van der Waals surface area contributed by atoms with E-state index in [1.54, 1.807) is 0 Å². The molecule has 0 aliphatic rings. The summed E-state index contributed by atoms with van der Waals surface area (Å²) in [5.41, 5.74) is 0. The summed E-state index contributed by atoms with van der Waals surface area (Å²) in [7, 11) is 0. The van der Waals surface area contributed by atoms with E-state index >= 15 is 0 Å². The van der Waals surface area contributed by atoms with Gasteiger partial charge in [-0.1, -0.05) is 207 Å². The third-order valence-electron chi connectivity index (χ3n) is 11.2. The first-order valence-corrected chi connectivity index (χ1v) is 27.4. The topological polar surface area (TPSA) is 78.9 Å². The molecule has 380 valence electrons. The SMILES string of the molecule is CC/C=C\C/C=C\C/C=C\C/C=C\C/C=C\CCCC(=O)OC[C@@H](COC(=O)CCCCCCC/C=C\CCCCCCCC)OC(=O)CCCCCC/C=C\C/C=C\C/C=C\CCCCC. The highest BCUT2D eigenvalue weighted by atomic mass is 16.6. The van der Waals surface area contributed by atoms with E-state index in [4.69, 9.17) is 14.2 Å². The van der Waals surface area contributed by atoms with Gasteiger partial charge in [0.1, 0.15) is 13.2 Å². The lowest BCUT2D eigenvalue weighted by atomic mass is 10.1. The van der Waals surface area contributed by atoms with E-state index in [9.17, 15) is 14.4 Å². The van der Waals surface area contributed by atoms with Gasteiger partial charge >= 0.3 is 17.9 Å². The van der Waals surface area contributed by atoms with Crippen LogP contribution in [-0.2, 0) is 28.6 Å². The van der Waals surface area contributed by atoms with E-state index in [1.807, 2.05) is 0 Å². The molecule has 0 fully saturated rings. The second-order valence-electron chi connectivity index (χ2n) is 17.7. The zero-order valence-electron chi connectivity index (χ0n) is 43.4. The molecule has 0 unspecified atom stereocenters. The average molecular weight is 929 g/mol. The molecule has 0 radical (unpaired) electrons. The number of rotatable bonds is 48. The molecule has 0 amide bonds. The molecular weight excluding hydrogens is 829 g/mol. The van der Waals surface area contributed by atoms with E-state index in [1.165, 1.54) is 77.0 Å². The number of allylic oxidation sites excluding steroid dienone is 18. The standard InChI is InChI=1S/C61H100O6/c1-4-7-10-13-16-19-22-25-28-30-33-36-39-42-45-48-51-54-60(63)66-57-58(56-65-59(62)53-50-47-44-41-38-35-32-27-24-21-18-15-12-9-6-3)67-61(64)55-52-49-46-43-40-37-34-31-29-26-23-20-17-14-11-8-5-2/h7,10,16-17,19-20,25-29,32-34,36-37,42,45,58H,4-6,8-9,11-15,18,21-24,30-31,35,38-41,43-44,46-57H2,1-3H3/b10-7-,19-16-,20-17-,28-25-,29-26-,32-27-,36-33-,37-34-,45-42-/t58-/m1/s1. The Morgan fingerprint density at radius 3 is 1.01 bits per heavy atom. The van der Waals surface area contributed by atoms with Crippen LogP contribution in [0.3, 0.4) is 0 Å². The Balaban J connectivity index is 4.55. The lowest BCUT2D eigenvalue weighted by Crippen LogP contribution is -2.30. The lowest BCUT2D eigenvalue weighted by molar-refractivity contribution is -0.167. The first-order chi connectivity index (χ1) is 33.0. The van der Waals surface area contributed by atoms with Crippen molar-refractivity contribution in [3.05, 3.63) is 109 Å². The maximum Gasteiger partial charge on any atom is 0.306 e. The van der Waals surface area contributed by atoms with Crippen molar-refractivity contribution in [2.75, 3.05) is 13.2 Å². The van der Waals surface area contributed by atoms with Crippen LogP contribution in [0, 0.1) is 0 Å². The molecule has 0 aromatic heterocycles. The summed E-state index contributed by atoms with van der Waals surface area (Å²) in [6.07, 6.45) is 73.6. The fraction of sp³-hybridized carbons (Fsp3) is 0.656. The van der Waals surface area contributed by atoms with Gasteiger partial charge in [0.2, 0.25) is 0 Å². The average Bonchev–Trinajstić information content (AvgIpc) is 3.33. The highest BCUT2D eigenvalue weighted by Crippen LogP contribution is 2.13. The van der Waals surface area contributed by atoms with Crippen molar-refractivity contribution in [2.45, 2.75) is 245 Å². The zero-order valence-corrected chi connectivity index (χ0v) is 43.4. The largest absolute Gasteiger partial charge is 0.462 e. The molecule has 0 saturated heterocycles. The number of ether oxygens (including phenoxy) is 3. The third kappa shape index (κ3) is 52.9. The molecule has 6 nitrogen and oxygen atoms in total. The minimum atomic E-state index is -0.818. The Kier molecular flexibility index (Phi) is 51.5. The van der Waals surface area contributed by atoms with E-state index in [2.05, 4.69) is 130 Å². The Bertz CT molecular complexity index is 1390. The zero-order chi connectivity index (χ0) is 48.6. The number of hydrogen-bond donors (Lipinski definition) is 0. The molecular formula is C61H100O6. The summed E-state index contributed by atoms with van der Waals surface area (Å²) < 4.78 is 16.8. The normalized spacial score (nSPS) is 12.9. The van der Waals surface area contributed by atoms with Crippen molar-refractivity contribution in [2.24, 2.45) is 0 Å². The van der Waals surface area contributed by atoms with E-state index < -0.39 is 6.10 Å². The molecule has 0 heterocycles. The molecule has 0 aliphatic carbocycles. The molecule has 0 saturated carbocycles. The van der Waals surface area contributed by atoms with Gasteiger partial charge in [-0.2, -0.15) is 0 Å². The second kappa shape index (κ2) is 54.7. The van der Waals surface area contributed by atoms with E-state index in [0.717, 1.165) is 116 Å². The molecule has 67 heavy (non-hydrogen) atoms. The second-order valence-corrected chi connectivity index (χ2v) is 17.7. The molecule has 0 aliphatic heterocycles. The summed E-state index contributed by atoms with van der Waals surface area (Å²) in [6, 6.07) is 0. The Morgan fingerprint density at radius 2 is 0.597 bits per heavy atom. The summed E-state index contributed by atoms with van der Waals surface area (Å²) in [4.78, 5) is 38.1. The van der Waals surface area contributed by atoms with Crippen LogP contribution in [0.25, 0.3) is 0 Å². The minimum absolute atomic E-state index is 0.111. The molecule has 1 atom stereocenters. The number of unbranched alkanes of at least 4 members (excludes halogenated alkanes) is 19. The van der Waals surface area contributed by atoms with Crippen LogP contribution in [0.4, 0.5) is 0 Å². The van der Waals surface area contributed by atoms with Crippen molar-refractivity contribution in [1.82, 2.24) is 0 Å². The molecule has 0 aromatic carbocycles. The first-order valence-electron chi connectivity index (χ1n) is 27.4. The minimum Gasteiger partial charge on any atom is -0.462 e. The van der Waals surface area contributed by atoms with Gasteiger partial charge in [-0.25, -0.2) is 0 Å². The Labute approximate surface area is 412 Å². The number of esters is 3. The Hall–Kier alpha value is -3.93. The van der Waals surface area contributed by atoms with Crippen LogP contribution in [0.2, 0.25) is 0 Å². The van der Waals surface area contributed by atoms with Crippen molar-refractivity contribution < 1.29 is 28.6 Å². The third-order valence-corrected chi connectivity index (χ3v) is 11.2. The molecule has 0 N–H and O–H groups in total. The van der Waals surface area contributed by atoms with Gasteiger partial charge in [-0.15, -0.1) is 0 Å². The van der Waals surface area contributed by atoms with Crippen molar-refractivity contribution >= 4 is 17.9 Å². The van der Waals surface area contributed by atoms with Crippen molar-refractivity contribution in [1.29, 1.82) is 0 Å². The van der Waals surface area contributed by atoms with Crippen LogP contribution < -0.4 is 0 Å². The van der Waals surface area contributed by atoms with Crippen LogP contribution >= 0.6 is 0 Å². The number of carbonyl (C=O) groups is 3. The fourth-order valence-electron chi connectivity index (χ4n) is 7.13. The number of hydrogen-bond acceptors (Lipinski definition) is 6. The monoisotopic (exact) mass is 929 g/mol. The van der Waals surface area contributed by atoms with Gasteiger partial charge in [0.25, 0.3) is 0 Å². The first kappa shape index (κ1) is 63.1. The van der Waals surface area contributed by atoms with Crippen LogP contribution in [0.5, 0.6) is 0 Å². The van der Waals surface area contributed by atoms with Gasteiger partial charge < -0.3 is 14.2 Å². The van der Waals surface area contributed by atoms with E-state index in [-0.39, 0.29) is 44.0 Å². The van der Waals surface area contributed by atoms with Gasteiger partial charge in [0.15, 0.2) is 6.10 Å². The van der Waals surface area contributed by atoms with Gasteiger partial charge in [-0.05, 0) is 122 Å². The predicted octanol–water partition coefficient (Wildman–Crippen LogP) is 18.3. The fourth-order valence-corrected chi connectivity index (χ4v) is 7.13. The molecule has 0 aromatic rings. The molecule has 0 spiro atoms. The predicted molar refractivity (Wildman–Crippen MR) is 288 cm³/mol. The number of carbonyl (C=O) groups excluding carboxylic acids is 3. The lowest BCUT2D eigenvalue weighted by Gasteiger charge is -2.18. The smallest absolute Gasteiger partial charge is 0.306 e. The molecule has 0 rings (SSSR count). The van der Waals surface area contributed by atoms with Crippen LogP contribution in [0.1, 0.15) is 239 Å². The van der Waals surface area contributed by atoms with E-state index in [0.29, 0.717) is 12.8 Å². The van der Waals surface area contributed by atoms with Gasteiger partial charge in [0.05, 0.1) is 0 Å². The highest BCUT2D eigenvalue weighted by Gasteiger charge is 2.19. The summed E-state index contributed by atoms with van der Waals surface area (Å²) >= 11 is 0. The Morgan fingerprint density at radius 1 is 0.313 bits per heavy atom. The quantitative estimate of drug-likeness (QED) is 0.0262. The summed E-state index contributed by atoms with van der Waals surface area (Å²) in [5, 5.41) is 0. The van der Waals surface area contributed by atoms with Crippen LogP contribution in [0.15, 0.2) is 109 Å². The molecule has 0 bridgehead atoms. The maximum absolute atomic E-state index is 12.8. The molecule has 6 heteroatoms. The summed E-state index contributed by atoms with van der Waals surface area (Å²) in [5.74, 6) is -1.00. The summed E-state index contributed by atoms with van der Waals surface area (Å²) in [6.45, 7) is 6.41.